The van der Waals surface area contributed by atoms with E-state index >= 15 is 0 Å². The molecule has 13 heavy (non-hydrogen) atoms. The standard InChI is InChI=1S/C10H10FNO/c11-10(13)9-5-7-3-1-2-4-8(7)6-12-9/h1-4,9,12H,5-6H2/t9-/m0/s1. The van der Waals surface area contributed by atoms with Gasteiger partial charge in [0.05, 0.1) is 0 Å². The maximum absolute atomic E-state index is 12.4. The van der Waals surface area contributed by atoms with Gasteiger partial charge in [0.1, 0.15) is 6.04 Å². The van der Waals surface area contributed by atoms with Crippen molar-refractivity contribution in [3.8, 4) is 0 Å². The van der Waals surface area contributed by atoms with Crippen LogP contribution < -0.4 is 5.32 Å². The van der Waals surface area contributed by atoms with Gasteiger partial charge in [-0.25, -0.2) is 0 Å². The summed E-state index contributed by atoms with van der Waals surface area (Å²) < 4.78 is 12.4. The highest BCUT2D eigenvalue weighted by atomic mass is 19.1. The molecule has 0 amide bonds. The third-order valence-electron chi connectivity index (χ3n) is 2.36. The molecule has 1 atom stereocenters. The third-order valence-corrected chi connectivity index (χ3v) is 2.36. The van der Waals surface area contributed by atoms with E-state index < -0.39 is 12.1 Å². The summed E-state index contributed by atoms with van der Waals surface area (Å²) in [5, 5.41) is 2.85. The van der Waals surface area contributed by atoms with Gasteiger partial charge in [-0.2, -0.15) is 4.39 Å². The van der Waals surface area contributed by atoms with Crippen LogP contribution in [-0.4, -0.2) is 12.1 Å². The fraction of sp³-hybridized carbons (Fsp3) is 0.300. The van der Waals surface area contributed by atoms with Crippen LogP contribution in [-0.2, 0) is 17.8 Å². The minimum Gasteiger partial charge on any atom is -0.301 e. The van der Waals surface area contributed by atoms with Gasteiger partial charge in [0.2, 0.25) is 0 Å². The first-order valence-corrected chi connectivity index (χ1v) is 4.27. The van der Waals surface area contributed by atoms with Gasteiger partial charge in [-0.05, 0) is 17.5 Å². The van der Waals surface area contributed by atoms with E-state index in [9.17, 15) is 9.18 Å². The maximum Gasteiger partial charge on any atom is 0.318 e. The molecule has 1 aliphatic heterocycles. The molecule has 0 fully saturated rings. The van der Waals surface area contributed by atoms with Crippen molar-refractivity contribution in [2.24, 2.45) is 0 Å². The Morgan fingerprint density at radius 1 is 1.38 bits per heavy atom. The first kappa shape index (κ1) is 8.38. The Hall–Kier alpha value is -1.22. The van der Waals surface area contributed by atoms with E-state index in [1.54, 1.807) is 0 Å². The van der Waals surface area contributed by atoms with Crippen LogP contribution in [0.4, 0.5) is 4.39 Å². The van der Waals surface area contributed by atoms with Crippen molar-refractivity contribution in [3.05, 3.63) is 35.4 Å². The highest BCUT2D eigenvalue weighted by Gasteiger charge is 2.23. The predicted octanol–water partition coefficient (Wildman–Crippen LogP) is 1.20. The number of nitrogens with one attached hydrogen (secondary N) is 1. The zero-order valence-electron chi connectivity index (χ0n) is 7.09. The van der Waals surface area contributed by atoms with Crippen LogP contribution in [0.25, 0.3) is 0 Å². The van der Waals surface area contributed by atoms with Gasteiger partial charge in [0.15, 0.2) is 0 Å². The largest absolute Gasteiger partial charge is 0.318 e. The van der Waals surface area contributed by atoms with E-state index in [0.29, 0.717) is 13.0 Å². The molecular weight excluding hydrogens is 169 g/mol. The normalized spacial score (nSPS) is 20.8. The van der Waals surface area contributed by atoms with Crippen LogP contribution in [0.1, 0.15) is 11.1 Å². The summed E-state index contributed by atoms with van der Waals surface area (Å²) in [6.45, 7) is 0.580. The molecule has 0 aromatic heterocycles. The van der Waals surface area contributed by atoms with E-state index in [4.69, 9.17) is 0 Å². The summed E-state index contributed by atoms with van der Waals surface area (Å²) in [6, 6.07) is 5.86. The molecule has 1 aliphatic rings. The van der Waals surface area contributed by atoms with Crippen molar-refractivity contribution in [1.29, 1.82) is 0 Å². The maximum atomic E-state index is 12.4. The minimum atomic E-state index is -1.27. The summed E-state index contributed by atoms with van der Waals surface area (Å²) in [5.74, 6) is 0. The molecule has 0 aliphatic carbocycles. The molecule has 0 radical (unpaired) electrons. The van der Waals surface area contributed by atoms with Gasteiger partial charge in [-0.3, -0.25) is 4.79 Å². The van der Waals surface area contributed by atoms with Crippen molar-refractivity contribution in [2.75, 3.05) is 0 Å². The molecule has 0 bridgehead atoms. The van der Waals surface area contributed by atoms with Crippen LogP contribution >= 0.6 is 0 Å². The number of carbonyl (C=O) groups is 1. The van der Waals surface area contributed by atoms with E-state index in [1.807, 2.05) is 24.3 Å². The highest BCUT2D eigenvalue weighted by molar-refractivity contribution is 5.75. The molecule has 0 unspecified atom stereocenters. The molecule has 1 heterocycles. The van der Waals surface area contributed by atoms with E-state index in [2.05, 4.69) is 5.32 Å². The van der Waals surface area contributed by atoms with Crippen LogP contribution in [0.15, 0.2) is 24.3 Å². The number of halogens is 1. The Bertz CT molecular complexity index is 337. The monoisotopic (exact) mass is 179 g/mol. The summed E-state index contributed by atoms with van der Waals surface area (Å²) in [4.78, 5) is 10.5. The number of carbonyl (C=O) groups excluding carboxylic acids is 1. The second kappa shape index (κ2) is 3.26. The zero-order chi connectivity index (χ0) is 9.26. The summed E-state index contributed by atoms with van der Waals surface area (Å²) in [5.41, 5.74) is 2.22. The van der Waals surface area contributed by atoms with Crippen molar-refractivity contribution in [1.82, 2.24) is 5.32 Å². The van der Waals surface area contributed by atoms with Crippen molar-refractivity contribution in [3.63, 3.8) is 0 Å². The van der Waals surface area contributed by atoms with Crippen LogP contribution in [0.2, 0.25) is 0 Å². The lowest BCUT2D eigenvalue weighted by Crippen LogP contribution is -2.40. The lowest BCUT2D eigenvalue weighted by Gasteiger charge is -2.22. The summed E-state index contributed by atoms with van der Waals surface area (Å²) in [7, 11) is 0. The topological polar surface area (TPSA) is 29.1 Å². The van der Waals surface area contributed by atoms with Crippen molar-refractivity contribution in [2.45, 2.75) is 19.0 Å². The Labute approximate surface area is 75.8 Å². The minimum absolute atomic E-state index is 0.464. The van der Waals surface area contributed by atoms with Gasteiger partial charge in [-0.15, -0.1) is 0 Å². The summed E-state index contributed by atoms with van der Waals surface area (Å²) >= 11 is 0. The van der Waals surface area contributed by atoms with Crippen molar-refractivity contribution >= 4 is 6.04 Å². The molecule has 3 heteroatoms. The molecule has 2 nitrogen and oxygen atoms in total. The van der Waals surface area contributed by atoms with Gasteiger partial charge >= 0.3 is 6.04 Å². The third kappa shape index (κ3) is 1.60. The smallest absolute Gasteiger partial charge is 0.301 e. The molecule has 0 spiro atoms. The van der Waals surface area contributed by atoms with Crippen LogP contribution in [0.3, 0.4) is 0 Å². The predicted molar refractivity (Wildman–Crippen MR) is 46.9 cm³/mol. The molecule has 1 N–H and O–H groups in total. The van der Waals surface area contributed by atoms with Gasteiger partial charge in [0, 0.05) is 6.54 Å². The zero-order valence-corrected chi connectivity index (χ0v) is 7.09. The average molecular weight is 179 g/mol. The molecule has 1 aromatic carbocycles. The average Bonchev–Trinajstić information content (AvgIpc) is 2.17. The number of hydrogen-bond acceptors (Lipinski definition) is 2. The van der Waals surface area contributed by atoms with Gasteiger partial charge in [-0.1, -0.05) is 24.3 Å². The van der Waals surface area contributed by atoms with Crippen LogP contribution in [0, 0.1) is 0 Å². The Morgan fingerprint density at radius 2 is 2.08 bits per heavy atom. The Balaban J connectivity index is 2.24. The van der Waals surface area contributed by atoms with Crippen LogP contribution in [0.5, 0.6) is 0 Å². The second-order valence-corrected chi connectivity index (χ2v) is 3.21. The first-order valence-electron chi connectivity index (χ1n) is 4.27. The number of hydrogen-bond donors (Lipinski definition) is 1. The lowest BCUT2D eigenvalue weighted by atomic mass is 9.96. The molecule has 0 saturated carbocycles. The van der Waals surface area contributed by atoms with Gasteiger partial charge in [0.25, 0.3) is 0 Å². The molecule has 2 rings (SSSR count). The number of rotatable bonds is 1. The number of benzene rings is 1. The first-order chi connectivity index (χ1) is 6.27. The SMILES string of the molecule is O=C(F)[C@@H]1Cc2ccccc2CN1. The fourth-order valence-corrected chi connectivity index (χ4v) is 1.61. The lowest BCUT2D eigenvalue weighted by molar-refractivity contribution is -0.131. The molecule has 68 valence electrons. The Morgan fingerprint density at radius 3 is 2.77 bits per heavy atom. The fourth-order valence-electron chi connectivity index (χ4n) is 1.61. The molecule has 0 saturated heterocycles. The van der Waals surface area contributed by atoms with Gasteiger partial charge < -0.3 is 5.32 Å². The Kier molecular flexibility index (Phi) is 2.10. The highest BCUT2D eigenvalue weighted by Crippen LogP contribution is 2.16. The van der Waals surface area contributed by atoms with E-state index in [1.165, 1.54) is 0 Å². The second-order valence-electron chi connectivity index (χ2n) is 3.21. The summed E-state index contributed by atoms with van der Waals surface area (Å²) in [6.07, 6.45) is 0.464. The molecular formula is C10H10FNO. The van der Waals surface area contributed by atoms with E-state index in [-0.39, 0.29) is 0 Å². The van der Waals surface area contributed by atoms with Crippen molar-refractivity contribution < 1.29 is 9.18 Å². The quantitative estimate of drug-likeness (QED) is 0.656. The molecule has 1 aromatic rings. The van der Waals surface area contributed by atoms with E-state index in [0.717, 1.165) is 11.1 Å². The number of fused-ring (bicyclic) bond motifs is 1.